The number of benzene rings is 1. The average Bonchev–Trinajstić information content (AvgIpc) is 3.44. The van der Waals surface area contributed by atoms with Gasteiger partial charge < -0.3 is 9.47 Å². The van der Waals surface area contributed by atoms with Crippen LogP contribution in [0.25, 0.3) is 0 Å². The molecule has 2 heterocycles. The van der Waals surface area contributed by atoms with Gasteiger partial charge >= 0.3 is 0 Å². The van der Waals surface area contributed by atoms with E-state index < -0.39 is 0 Å². The number of amides is 1. The Morgan fingerprint density at radius 1 is 1.15 bits per heavy atom. The number of hydrogen-bond donors (Lipinski definition) is 0. The van der Waals surface area contributed by atoms with Gasteiger partial charge in [0.1, 0.15) is 5.82 Å². The van der Waals surface area contributed by atoms with E-state index >= 15 is 0 Å². The van der Waals surface area contributed by atoms with Crippen LogP contribution in [0.4, 0.5) is 0 Å². The number of nitrogens with zero attached hydrogens (tertiary/aromatic N) is 4. The lowest BCUT2D eigenvalue weighted by Crippen LogP contribution is -2.32. The molecule has 1 fully saturated rings. The Labute approximate surface area is 163 Å². The molecule has 1 aliphatic rings. The van der Waals surface area contributed by atoms with E-state index in [2.05, 4.69) is 14.5 Å². The molecule has 1 aromatic carbocycles. The number of pyridine rings is 1. The summed E-state index contributed by atoms with van der Waals surface area (Å²) in [4.78, 5) is 23.4. The van der Waals surface area contributed by atoms with Gasteiger partial charge in [-0.1, -0.05) is 29.8 Å². The van der Waals surface area contributed by atoms with Gasteiger partial charge in [0.15, 0.2) is 0 Å². The first-order chi connectivity index (χ1) is 13.2. The van der Waals surface area contributed by atoms with Crippen molar-refractivity contribution in [3.63, 3.8) is 0 Å². The third kappa shape index (κ3) is 4.55. The lowest BCUT2D eigenvalue weighted by Gasteiger charge is -2.23. The first-order valence-electron chi connectivity index (χ1n) is 9.11. The molecule has 0 spiro atoms. The lowest BCUT2D eigenvalue weighted by atomic mass is 10.2. The number of hydrogen-bond acceptors (Lipinski definition) is 3. The molecule has 0 N–H and O–H groups in total. The van der Waals surface area contributed by atoms with Gasteiger partial charge in [0.25, 0.3) is 0 Å². The zero-order chi connectivity index (χ0) is 18.6. The number of aromatic nitrogens is 3. The van der Waals surface area contributed by atoms with Gasteiger partial charge in [0.2, 0.25) is 5.91 Å². The SMILES string of the molecule is O=C(C1CC1)N(Cc1cccnc1)Cc1nccn1Cc1cccc(Cl)c1. The minimum atomic E-state index is 0.165. The predicted octanol–water partition coefficient (Wildman–Crippen LogP) is 3.92. The van der Waals surface area contributed by atoms with Crippen LogP contribution in [0, 0.1) is 5.92 Å². The summed E-state index contributed by atoms with van der Waals surface area (Å²) in [6.45, 7) is 1.71. The zero-order valence-electron chi connectivity index (χ0n) is 15.0. The molecule has 0 bridgehead atoms. The fourth-order valence-corrected chi connectivity index (χ4v) is 3.36. The predicted molar refractivity (Wildman–Crippen MR) is 104 cm³/mol. The van der Waals surface area contributed by atoms with E-state index in [1.54, 1.807) is 12.4 Å². The molecule has 0 saturated heterocycles. The molecule has 2 aromatic heterocycles. The normalized spacial score (nSPS) is 13.5. The Balaban J connectivity index is 1.53. The van der Waals surface area contributed by atoms with Crippen LogP contribution < -0.4 is 0 Å². The fourth-order valence-electron chi connectivity index (χ4n) is 3.15. The first kappa shape index (κ1) is 17.7. The summed E-state index contributed by atoms with van der Waals surface area (Å²) in [6, 6.07) is 11.7. The number of carbonyl (C=O) groups is 1. The summed E-state index contributed by atoms with van der Waals surface area (Å²) >= 11 is 6.10. The monoisotopic (exact) mass is 380 g/mol. The summed E-state index contributed by atoms with van der Waals surface area (Å²) in [6.07, 6.45) is 9.25. The van der Waals surface area contributed by atoms with Crippen molar-refractivity contribution in [2.75, 3.05) is 0 Å². The second kappa shape index (κ2) is 7.92. The molecule has 0 radical (unpaired) electrons. The topological polar surface area (TPSA) is 51.0 Å². The average molecular weight is 381 g/mol. The van der Waals surface area contributed by atoms with Gasteiger partial charge in [0, 0.05) is 48.8 Å². The zero-order valence-corrected chi connectivity index (χ0v) is 15.7. The largest absolute Gasteiger partial charge is 0.331 e. The van der Waals surface area contributed by atoms with Gasteiger partial charge in [-0.05, 0) is 42.2 Å². The molecule has 5 nitrogen and oxygen atoms in total. The molecular formula is C21H21ClN4O. The van der Waals surface area contributed by atoms with E-state index in [0.717, 1.165) is 34.8 Å². The van der Waals surface area contributed by atoms with Crippen LogP contribution in [0.2, 0.25) is 5.02 Å². The minimum Gasteiger partial charge on any atom is -0.331 e. The van der Waals surface area contributed by atoms with Gasteiger partial charge in [-0.2, -0.15) is 0 Å². The van der Waals surface area contributed by atoms with Crippen molar-refractivity contribution < 1.29 is 4.79 Å². The molecule has 1 amide bonds. The van der Waals surface area contributed by atoms with Crippen molar-refractivity contribution in [2.24, 2.45) is 5.92 Å². The molecule has 6 heteroatoms. The van der Waals surface area contributed by atoms with Crippen molar-refractivity contribution >= 4 is 17.5 Å². The lowest BCUT2D eigenvalue weighted by molar-refractivity contribution is -0.134. The molecule has 1 saturated carbocycles. The third-order valence-electron chi connectivity index (χ3n) is 4.71. The smallest absolute Gasteiger partial charge is 0.226 e. The van der Waals surface area contributed by atoms with Gasteiger partial charge in [0.05, 0.1) is 6.54 Å². The third-order valence-corrected chi connectivity index (χ3v) is 4.95. The summed E-state index contributed by atoms with van der Waals surface area (Å²) in [5, 5.41) is 0.719. The van der Waals surface area contributed by atoms with E-state index in [9.17, 15) is 4.79 Å². The second-order valence-corrected chi connectivity index (χ2v) is 7.37. The molecule has 0 atom stereocenters. The highest BCUT2D eigenvalue weighted by molar-refractivity contribution is 6.30. The first-order valence-corrected chi connectivity index (χ1v) is 9.49. The Hall–Kier alpha value is -2.66. The second-order valence-electron chi connectivity index (χ2n) is 6.93. The van der Waals surface area contributed by atoms with Crippen LogP contribution in [0.5, 0.6) is 0 Å². The number of halogens is 1. The highest BCUT2D eigenvalue weighted by Gasteiger charge is 2.33. The summed E-state index contributed by atoms with van der Waals surface area (Å²) in [7, 11) is 0. The van der Waals surface area contributed by atoms with Crippen molar-refractivity contribution in [3.05, 3.63) is 83.2 Å². The number of carbonyl (C=O) groups excluding carboxylic acids is 1. The van der Waals surface area contributed by atoms with Crippen LogP contribution >= 0.6 is 11.6 Å². The molecule has 1 aliphatic carbocycles. The van der Waals surface area contributed by atoms with E-state index in [4.69, 9.17) is 11.6 Å². The summed E-state index contributed by atoms with van der Waals surface area (Å²) in [5.41, 5.74) is 2.13. The maximum Gasteiger partial charge on any atom is 0.226 e. The van der Waals surface area contributed by atoms with Gasteiger partial charge in [-0.25, -0.2) is 4.98 Å². The quantitative estimate of drug-likeness (QED) is 0.624. The van der Waals surface area contributed by atoms with E-state index in [0.29, 0.717) is 19.6 Å². The molecule has 138 valence electrons. The summed E-state index contributed by atoms with van der Waals surface area (Å²) < 4.78 is 2.07. The maximum absolute atomic E-state index is 12.8. The molecular weight excluding hydrogens is 360 g/mol. The molecule has 3 aromatic rings. The Morgan fingerprint density at radius 3 is 2.74 bits per heavy atom. The highest BCUT2D eigenvalue weighted by Crippen LogP contribution is 2.32. The van der Waals surface area contributed by atoms with Gasteiger partial charge in [-0.3, -0.25) is 9.78 Å². The summed E-state index contributed by atoms with van der Waals surface area (Å²) in [5.74, 6) is 1.24. The minimum absolute atomic E-state index is 0.165. The van der Waals surface area contributed by atoms with E-state index in [1.807, 2.05) is 53.7 Å². The van der Waals surface area contributed by atoms with Crippen molar-refractivity contribution in [1.29, 1.82) is 0 Å². The van der Waals surface area contributed by atoms with Crippen LogP contribution in [0.15, 0.2) is 61.2 Å². The maximum atomic E-state index is 12.8. The van der Waals surface area contributed by atoms with Crippen molar-refractivity contribution in [1.82, 2.24) is 19.4 Å². The number of imidazole rings is 1. The Morgan fingerprint density at radius 2 is 2.00 bits per heavy atom. The van der Waals surface area contributed by atoms with Gasteiger partial charge in [-0.15, -0.1) is 0 Å². The molecule has 4 rings (SSSR count). The molecule has 0 aliphatic heterocycles. The molecule has 0 unspecified atom stereocenters. The van der Waals surface area contributed by atoms with Crippen LogP contribution in [-0.4, -0.2) is 25.3 Å². The van der Waals surface area contributed by atoms with Crippen molar-refractivity contribution in [3.8, 4) is 0 Å². The van der Waals surface area contributed by atoms with E-state index in [1.165, 1.54) is 0 Å². The number of rotatable bonds is 7. The fraction of sp³-hybridized carbons (Fsp3) is 0.286. The Kier molecular flexibility index (Phi) is 5.21. The Bertz CT molecular complexity index is 921. The standard InChI is InChI=1S/C21H21ClN4O/c22-19-5-1-3-16(11-19)13-25-10-9-24-20(25)15-26(21(27)18-6-7-18)14-17-4-2-8-23-12-17/h1-5,8-12,18H,6-7,13-15H2. The van der Waals surface area contributed by atoms with Crippen molar-refractivity contribution in [2.45, 2.75) is 32.5 Å². The molecule has 27 heavy (non-hydrogen) atoms. The van der Waals surface area contributed by atoms with Crippen LogP contribution in [0.3, 0.4) is 0 Å². The van der Waals surface area contributed by atoms with Crippen LogP contribution in [-0.2, 0) is 24.4 Å². The highest BCUT2D eigenvalue weighted by atomic mass is 35.5. The van der Waals surface area contributed by atoms with Crippen LogP contribution in [0.1, 0.15) is 29.8 Å². The van der Waals surface area contributed by atoms with E-state index in [-0.39, 0.29) is 11.8 Å².